The summed E-state index contributed by atoms with van der Waals surface area (Å²) in [4.78, 5) is 13.5. The van der Waals surface area contributed by atoms with Gasteiger partial charge in [0.05, 0.1) is 0 Å². The maximum atomic E-state index is 6.43. The molecule has 0 radical (unpaired) electrons. The second kappa shape index (κ2) is 8.68. The summed E-state index contributed by atoms with van der Waals surface area (Å²) in [6.07, 6.45) is 1.57. The third-order valence-corrected chi connectivity index (χ3v) is 5.46. The molecule has 0 unspecified atom stereocenters. The molecule has 29 heavy (non-hydrogen) atoms. The van der Waals surface area contributed by atoms with Crippen LogP contribution in [0.4, 0.5) is 23.0 Å². The zero-order valence-corrected chi connectivity index (χ0v) is 17.2. The van der Waals surface area contributed by atoms with Crippen molar-refractivity contribution in [2.45, 2.75) is 13.5 Å². The molecule has 150 valence electrons. The van der Waals surface area contributed by atoms with Crippen LogP contribution in [0.5, 0.6) is 0 Å². The number of nitrogen functional groups attached to an aromatic ring is 1. The van der Waals surface area contributed by atoms with E-state index in [1.165, 1.54) is 5.56 Å². The Balaban J connectivity index is 1.44. The number of benzene rings is 2. The van der Waals surface area contributed by atoms with Crippen LogP contribution < -0.4 is 16.0 Å². The zero-order chi connectivity index (χ0) is 20.2. The summed E-state index contributed by atoms with van der Waals surface area (Å²) in [6.45, 7) is 6.67. The van der Waals surface area contributed by atoms with Gasteiger partial charge in [-0.05, 0) is 36.2 Å². The molecule has 3 N–H and O–H groups in total. The van der Waals surface area contributed by atoms with Crippen molar-refractivity contribution in [1.82, 2.24) is 14.9 Å². The molecular weight excluding hydrogens is 384 g/mol. The van der Waals surface area contributed by atoms with Crippen molar-refractivity contribution in [2.24, 2.45) is 0 Å². The van der Waals surface area contributed by atoms with E-state index in [4.69, 9.17) is 17.3 Å². The highest BCUT2D eigenvalue weighted by Crippen LogP contribution is 2.31. The number of aryl methyl sites for hydroxylation is 1. The summed E-state index contributed by atoms with van der Waals surface area (Å²) >= 11 is 6.05. The molecule has 0 atom stereocenters. The molecule has 1 fully saturated rings. The first-order valence-electron chi connectivity index (χ1n) is 9.75. The van der Waals surface area contributed by atoms with Crippen molar-refractivity contribution in [3.63, 3.8) is 0 Å². The van der Waals surface area contributed by atoms with Crippen LogP contribution in [0.2, 0.25) is 5.02 Å². The minimum atomic E-state index is 0.568. The third kappa shape index (κ3) is 4.60. The Morgan fingerprint density at radius 2 is 1.79 bits per heavy atom. The smallest absolute Gasteiger partial charge is 0.159 e. The lowest BCUT2D eigenvalue weighted by Gasteiger charge is -2.36. The lowest BCUT2D eigenvalue weighted by atomic mass is 10.2. The number of nitrogens with two attached hydrogens (primary N) is 1. The van der Waals surface area contributed by atoms with Gasteiger partial charge in [-0.25, -0.2) is 9.97 Å². The first kappa shape index (κ1) is 19.5. The quantitative estimate of drug-likeness (QED) is 0.662. The van der Waals surface area contributed by atoms with Crippen LogP contribution in [-0.2, 0) is 6.54 Å². The number of hydrogen-bond acceptors (Lipinski definition) is 6. The molecule has 1 saturated heterocycles. The van der Waals surface area contributed by atoms with Crippen LogP contribution in [0.15, 0.2) is 54.9 Å². The van der Waals surface area contributed by atoms with Crippen LogP contribution in [0.1, 0.15) is 11.1 Å². The van der Waals surface area contributed by atoms with Crippen LogP contribution >= 0.6 is 11.6 Å². The molecule has 4 rings (SSSR count). The summed E-state index contributed by atoms with van der Waals surface area (Å²) in [6, 6.07) is 16.3. The second-order valence-corrected chi connectivity index (χ2v) is 7.73. The molecule has 7 heteroatoms. The van der Waals surface area contributed by atoms with Crippen LogP contribution in [-0.4, -0.2) is 41.0 Å². The molecule has 0 amide bonds. The first-order chi connectivity index (χ1) is 14.1. The minimum Gasteiger partial charge on any atom is -0.393 e. The van der Waals surface area contributed by atoms with Crippen molar-refractivity contribution < 1.29 is 0 Å². The van der Waals surface area contributed by atoms with Gasteiger partial charge in [0.1, 0.15) is 12.0 Å². The maximum absolute atomic E-state index is 6.43. The fourth-order valence-electron chi connectivity index (χ4n) is 3.59. The van der Waals surface area contributed by atoms with Gasteiger partial charge in [-0.3, -0.25) is 4.90 Å². The monoisotopic (exact) mass is 408 g/mol. The van der Waals surface area contributed by atoms with Gasteiger partial charge < -0.3 is 16.0 Å². The van der Waals surface area contributed by atoms with Gasteiger partial charge >= 0.3 is 0 Å². The summed E-state index contributed by atoms with van der Waals surface area (Å²) in [5.74, 6) is 1.40. The average molecular weight is 409 g/mol. The van der Waals surface area contributed by atoms with Crippen LogP contribution in [0.3, 0.4) is 0 Å². The fraction of sp³-hybridized carbons (Fsp3) is 0.273. The Kier molecular flexibility index (Phi) is 5.83. The fourth-order valence-corrected chi connectivity index (χ4v) is 3.82. The highest BCUT2D eigenvalue weighted by atomic mass is 35.5. The first-order valence-corrected chi connectivity index (χ1v) is 10.1. The molecule has 0 aliphatic carbocycles. The van der Waals surface area contributed by atoms with Crippen molar-refractivity contribution in [3.8, 4) is 0 Å². The highest BCUT2D eigenvalue weighted by molar-refractivity contribution is 6.30. The van der Waals surface area contributed by atoms with E-state index >= 15 is 0 Å². The van der Waals surface area contributed by atoms with E-state index in [-0.39, 0.29) is 0 Å². The van der Waals surface area contributed by atoms with E-state index in [0.29, 0.717) is 16.5 Å². The van der Waals surface area contributed by atoms with Gasteiger partial charge in [0.2, 0.25) is 0 Å². The van der Waals surface area contributed by atoms with Crippen LogP contribution in [0.25, 0.3) is 0 Å². The van der Waals surface area contributed by atoms with Crippen LogP contribution in [0, 0.1) is 6.92 Å². The molecular formula is C22H25ClN6. The largest absolute Gasteiger partial charge is 0.393 e. The third-order valence-electron chi connectivity index (χ3n) is 5.23. The molecule has 6 nitrogen and oxygen atoms in total. The Bertz CT molecular complexity index is 970. The van der Waals surface area contributed by atoms with E-state index in [9.17, 15) is 0 Å². The topological polar surface area (TPSA) is 70.3 Å². The van der Waals surface area contributed by atoms with E-state index in [1.807, 2.05) is 25.1 Å². The van der Waals surface area contributed by atoms with Crippen molar-refractivity contribution >= 4 is 34.6 Å². The standard InChI is InChI=1S/C22H25ClN6/c1-16-13-18(23)7-8-19(16)27-21-20(24)22(26-15-25-21)29-11-9-28(10-12-29)14-17-5-3-2-4-6-17/h2-8,13,15H,9-12,14,24H2,1H3,(H,25,26,27). The molecule has 2 heterocycles. The number of nitrogens with zero attached hydrogens (tertiary/aromatic N) is 4. The number of nitrogens with one attached hydrogen (secondary N) is 1. The Morgan fingerprint density at radius 1 is 1.03 bits per heavy atom. The summed E-state index contributed by atoms with van der Waals surface area (Å²) in [7, 11) is 0. The molecule has 0 spiro atoms. The van der Waals surface area contributed by atoms with Gasteiger partial charge in [0.15, 0.2) is 11.6 Å². The van der Waals surface area contributed by atoms with Crippen molar-refractivity contribution in [2.75, 3.05) is 42.1 Å². The predicted molar refractivity (Wildman–Crippen MR) is 120 cm³/mol. The SMILES string of the molecule is Cc1cc(Cl)ccc1Nc1ncnc(N2CCN(Cc3ccccc3)CC2)c1N. The Morgan fingerprint density at radius 3 is 2.52 bits per heavy atom. The lowest BCUT2D eigenvalue weighted by Crippen LogP contribution is -2.46. The zero-order valence-electron chi connectivity index (χ0n) is 16.5. The summed E-state index contributed by atoms with van der Waals surface area (Å²) in [5, 5.41) is 4.02. The minimum absolute atomic E-state index is 0.568. The lowest BCUT2D eigenvalue weighted by molar-refractivity contribution is 0.249. The second-order valence-electron chi connectivity index (χ2n) is 7.29. The number of anilines is 4. The van der Waals surface area contributed by atoms with Crippen molar-refractivity contribution in [1.29, 1.82) is 0 Å². The highest BCUT2D eigenvalue weighted by Gasteiger charge is 2.21. The number of rotatable bonds is 5. The Hall–Kier alpha value is -2.83. The van der Waals surface area contributed by atoms with Gasteiger partial charge in [0.25, 0.3) is 0 Å². The molecule has 3 aromatic rings. The van der Waals surface area contributed by atoms with Gasteiger partial charge in [-0.15, -0.1) is 0 Å². The normalized spacial score (nSPS) is 14.8. The molecule has 2 aromatic carbocycles. The van der Waals surface area contributed by atoms with Gasteiger partial charge in [-0.2, -0.15) is 0 Å². The number of halogens is 1. The summed E-state index contributed by atoms with van der Waals surface area (Å²) in [5.41, 5.74) is 10.3. The molecule has 1 aliphatic rings. The van der Waals surface area contributed by atoms with Crippen molar-refractivity contribution in [3.05, 3.63) is 71.0 Å². The van der Waals surface area contributed by atoms with Gasteiger partial charge in [0, 0.05) is 43.4 Å². The summed E-state index contributed by atoms with van der Waals surface area (Å²) < 4.78 is 0. The van der Waals surface area contributed by atoms with E-state index in [1.54, 1.807) is 6.33 Å². The Labute approximate surface area is 176 Å². The molecule has 1 aromatic heterocycles. The molecule has 0 bridgehead atoms. The number of hydrogen-bond donors (Lipinski definition) is 2. The van der Waals surface area contributed by atoms with E-state index in [0.717, 1.165) is 49.8 Å². The van der Waals surface area contributed by atoms with E-state index in [2.05, 4.69) is 55.4 Å². The van der Waals surface area contributed by atoms with Gasteiger partial charge in [-0.1, -0.05) is 41.9 Å². The molecule has 0 saturated carbocycles. The number of aromatic nitrogens is 2. The van der Waals surface area contributed by atoms with E-state index < -0.39 is 0 Å². The molecule has 1 aliphatic heterocycles. The maximum Gasteiger partial charge on any atom is 0.159 e. The predicted octanol–water partition coefficient (Wildman–Crippen LogP) is 4.09. The average Bonchev–Trinajstić information content (AvgIpc) is 2.73. The number of piperazine rings is 1.